The molecule has 0 spiro atoms. The quantitative estimate of drug-likeness (QED) is 0.868. The Balaban J connectivity index is 1.86. The molecule has 1 unspecified atom stereocenters. The minimum absolute atomic E-state index is 0.0849. The number of halogens is 1. The monoisotopic (exact) mass is 356 g/mol. The van der Waals surface area contributed by atoms with Crippen molar-refractivity contribution in [1.82, 2.24) is 0 Å². The highest BCUT2D eigenvalue weighted by Gasteiger charge is 2.22. The molecule has 1 aliphatic heterocycles. The zero-order chi connectivity index (χ0) is 18.7. The average molecular weight is 356 g/mol. The van der Waals surface area contributed by atoms with E-state index >= 15 is 0 Å². The summed E-state index contributed by atoms with van der Waals surface area (Å²) >= 11 is 0. The zero-order valence-electron chi connectivity index (χ0n) is 14.5. The van der Waals surface area contributed by atoms with Crippen LogP contribution in [-0.2, 0) is 0 Å². The van der Waals surface area contributed by atoms with E-state index in [9.17, 15) is 19.1 Å². The van der Waals surface area contributed by atoms with Crippen LogP contribution in [0.2, 0.25) is 0 Å². The van der Waals surface area contributed by atoms with Gasteiger partial charge in [-0.1, -0.05) is 19.1 Å². The number of rotatable bonds is 4. The third-order valence-electron chi connectivity index (χ3n) is 4.60. The normalized spacial score (nSPS) is 17.0. The van der Waals surface area contributed by atoms with Gasteiger partial charge in [-0.2, -0.15) is 0 Å². The van der Waals surface area contributed by atoms with Crippen molar-refractivity contribution >= 4 is 23.3 Å². The van der Waals surface area contributed by atoms with Crippen LogP contribution in [0.15, 0.2) is 42.5 Å². The second-order valence-electron chi connectivity index (χ2n) is 6.66. The van der Waals surface area contributed by atoms with Crippen molar-refractivity contribution in [3.63, 3.8) is 0 Å². The number of carbonyl (C=O) groups is 2. The molecule has 5 nitrogen and oxygen atoms in total. The number of anilines is 2. The lowest BCUT2D eigenvalue weighted by Gasteiger charge is -2.33. The number of hydrogen-bond donors (Lipinski definition) is 2. The van der Waals surface area contributed by atoms with E-state index in [-0.39, 0.29) is 11.1 Å². The fraction of sp³-hybridized carbons (Fsp3) is 0.300. The van der Waals surface area contributed by atoms with Gasteiger partial charge in [-0.25, -0.2) is 9.18 Å². The maximum absolute atomic E-state index is 13.7. The van der Waals surface area contributed by atoms with Gasteiger partial charge >= 0.3 is 5.97 Å². The van der Waals surface area contributed by atoms with Crippen molar-refractivity contribution in [3.8, 4) is 0 Å². The highest BCUT2D eigenvalue weighted by atomic mass is 19.1. The SMILES string of the molecule is CC1CCCN(c2ccc(NC(=O)c3ccccc3F)cc2C(=O)O)C1. The van der Waals surface area contributed by atoms with Crippen LogP contribution in [0.4, 0.5) is 15.8 Å². The molecular weight excluding hydrogens is 335 g/mol. The summed E-state index contributed by atoms with van der Waals surface area (Å²) in [6.07, 6.45) is 2.15. The molecule has 3 rings (SSSR count). The molecule has 0 aliphatic carbocycles. The van der Waals surface area contributed by atoms with Gasteiger partial charge in [0.25, 0.3) is 5.91 Å². The molecule has 1 atom stereocenters. The van der Waals surface area contributed by atoms with Crippen molar-refractivity contribution < 1.29 is 19.1 Å². The van der Waals surface area contributed by atoms with Crippen molar-refractivity contribution in [2.24, 2.45) is 5.92 Å². The molecule has 0 bridgehead atoms. The first-order valence-corrected chi connectivity index (χ1v) is 8.64. The number of nitrogens with one attached hydrogen (secondary N) is 1. The molecule has 1 fully saturated rings. The lowest BCUT2D eigenvalue weighted by Crippen LogP contribution is -2.35. The summed E-state index contributed by atoms with van der Waals surface area (Å²) in [6, 6.07) is 10.4. The Kier molecular flexibility index (Phi) is 5.21. The molecule has 6 heteroatoms. The first-order chi connectivity index (χ1) is 12.5. The van der Waals surface area contributed by atoms with Gasteiger partial charge in [0.2, 0.25) is 0 Å². The van der Waals surface area contributed by atoms with Gasteiger partial charge in [0.05, 0.1) is 16.8 Å². The van der Waals surface area contributed by atoms with Gasteiger partial charge in [0.15, 0.2) is 0 Å². The third-order valence-corrected chi connectivity index (χ3v) is 4.60. The van der Waals surface area contributed by atoms with Crippen molar-refractivity contribution in [1.29, 1.82) is 0 Å². The number of piperidine rings is 1. The molecule has 1 heterocycles. The van der Waals surface area contributed by atoms with E-state index in [1.165, 1.54) is 24.3 Å². The zero-order valence-corrected chi connectivity index (χ0v) is 14.5. The Hall–Kier alpha value is -2.89. The number of carboxylic acids is 1. The number of aromatic carboxylic acids is 1. The predicted molar refractivity (Wildman–Crippen MR) is 98.4 cm³/mol. The van der Waals surface area contributed by atoms with Crippen LogP contribution in [-0.4, -0.2) is 30.1 Å². The smallest absolute Gasteiger partial charge is 0.337 e. The first kappa shape index (κ1) is 17.9. The molecule has 1 amide bonds. The number of carboxylic acid groups (broad SMARTS) is 1. The minimum Gasteiger partial charge on any atom is -0.478 e. The van der Waals surface area contributed by atoms with Crippen LogP contribution in [0.1, 0.15) is 40.5 Å². The summed E-state index contributed by atoms with van der Waals surface area (Å²) in [5.74, 6) is -1.78. The average Bonchev–Trinajstić information content (AvgIpc) is 2.62. The molecular formula is C20H21FN2O3. The second-order valence-corrected chi connectivity index (χ2v) is 6.66. The van der Waals surface area contributed by atoms with Gasteiger partial charge in [0, 0.05) is 18.8 Å². The largest absolute Gasteiger partial charge is 0.478 e. The third kappa shape index (κ3) is 3.85. The van der Waals surface area contributed by atoms with Crippen LogP contribution in [0, 0.1) is 11.7 Å². The summed E-state index contributed by atoms with van der Waals surface area (Å²) in [7, 11) is 0. The van der Waals surface area contributed by atoms with Crippen LogP contribution >= 0.6 is 0 Å². The van der Waals surface area contributed by atoms with E-state index in [0.29, 0.717) is 17.3 Å². The van der Waals surface area contributed by atoms with Gasteiger partial charge in [-0.15, -0.1) is 0 Å². The molecule has 0 saturated carbocycles. The number of carbonyl (C=O) groups excluding carboxylic acids is 1. The van der Waals surface area contributed by atoms with E-state index in [1.807, 2.05) is 0 Å². The highest BCUT2D eigenvalue weighted by molar-refractivity contribution is 6.05. The Bertz CT molecular complexity index is 838. The van der Waals surface area contributed by atoms with E-state index in [0.717, 1.165) is 25.9 Å². The Morgan fingerprint density at radius 3 is 2.65 bits per heavy atom. The number of benzene rings is 2. The molecule has 2 aromatic rings. The Morgan fingerprint density at radius 2 is 1.96 bits per heavy atom. The minimum atomic E-state index is -1.06. The van der Waals surface area contributed by atoms with Crippen molar-refractivity contribution in [2.75, 3.05) is 23.3 Å². The number of nitrogens with zero attached hydrogens (tertiary/aromatic N) is 1. The summed E-state index contributed by atoms with van der Waals surface area (Å²) in [5, 5.41) is 12.2. The maximum Gasteiger partial charge on any atom is 0.337 e. The van der Waals surface area contributed by atoms with Crippen molar-refractivity contribution in [3.05, 3.63) is 59.4 Å². The fourth-order valence-electron chi connectivity index (χ4n) is 3.31. The molecule has 2 aromatic carbocycles. The van der Waals surface area contributed by atoms with Crippen molar-refractivity contribution in [2.45, 2.75) is 19.8 Å². The van der Waals surface area contributed by atoms with E-state index < -0.39 is 17.7 Å². The summed E-state index contributed by atoms with van der Waals surface area (Å²) in [4.78, 5) is 26.0. The second kappa shape index (κ2) is 7.56. The molecule has 136 valence electrons. The summed E-state index contributed by atoms with van der Waals surface area (Å²) in [5.41, 5.74) is 1.01. The molecule has 2 N–H and O–H groups in total. The molecule has 0 radical (unpaired) electrons. The van der Waals surface area contributed by atoms with Crippen LogP contribution in [0.5, 0.6) is 0 Å². The van der Waals surface area contributed by atoms with Gasteiger partial charge < -0.3 is 15.3 Å². The number of hydrogen-bond acceptors (Lipinski definition) is 3. The van der Waals surface area contributed by atoms with Crippen LogP contribution in [0.3, 0.4) is 0 Å². The van der Waals surface area contributed by atoms with E-state index in [2.05, 4.69) is 17.1 Å². The maximum atomic E-state index is 13.7. The van der Waals surface area contributed by atoms with E-state index in [4.69, 9.17) is 0 Å². The topological polar surface area (TPSA) is 69.6 Å². The molecule has 0 aromatic heterocycles. The lowest BCUT2D eigenvalue weighted by atomic mass is 9.98. The van der Waals surface area contributed by atoms with Gasteiger partial charge in [-0.3, -0.25) is 4.79 Å². The predicted octanol–water partition coefficient (Wildman–Crippen LogP) is 4.01. The van der Waals surface area contributed by atoms with Gasteiger partial charge in [-0.05, 0) is 49.1 Å². The lowest BCUT2D eigenvalue weighted by molar-refractivity contribution is 0.0697. The fourth-order valence-corrected chi connectivity index (χ4v) is 3.31. The molecule has 26 heavy (non-hydrogen) atoms. The van der Waals surface area contributed by atoms with Gasteiger partial charge in [0.1, 0.15) is 5.82 Å². The summed E-state index contributed by atoms with van der Waals surface area (Å²) in [6.45, 7) is 3.77. The van der Waals surface area contributed by atoms with Crippen LogP contribution < -0.4 is 10.2 Å². The van der Waals surface area contributed by atoms with E-state index in [1.54, 1.807) is 18.2 Å². The first-order valence-electron chi connectivity index (χ1n) is 8.64. The molecule has 1 aliphatic rings. The van der Waals surface area contributed by atoms with Crippen LogP contribution in [0.25, 0.3) is 0 Å². The molecule has 1 saturated heterocycles. The summed E-state index contributed by atoms with van der Waals surface area (Å²) < 4.78 is 13.7. The standard InChI is InChI=1S/C20H21FN2O3/c1-13-5-4-10-23(12-13)18-9-8-14(11-16(18)20(25)26)22-19(24)15-6-2-3-7-17(15)21/h2-3,6-9,11,13H,4-5,10,12H2,1H3,(H,22,24)(H,25,26). The Labute approximate surface area is 151 Å². The highest BCUT2D eigenvalue weighted by Crippen LogP contribution is 2.29. The number of amides is 1. The Morgan fingerprint density at radius 1 is 1.19 bits per heavy atom.